The van der Waals surface area contributed by atoms with Gasteiger partial charge in [-0.05, 0) is 25.0 Å². The summed E-state index contributed by atoms with van der Waals surface area (Å²) in [5.74, 6) is 0.716. The Morgan fingerprint density at radius 2 is 2.28 bits per heavy atom. The highest BCUT2D eigenvalue weighted by atomic mass is 35.5. The summed E-state index contributed by atoms with van der Waals surface area (Å²) >= 11 is 5.72. The van der Waals surface area contributed by atoms with E-state index < -0.39 is 0 Å². The third-order valence-electron chi connectivity index (χ3n) is 2.21. The molecular formula is C12H19ClN4O. The minimum Gasteiger partial charge on any atom is -0.394 e. The van der Waals surface area contributed by atoms with Gasteiger partial charge in [0, 0.05) is 19.3 Å². The Morgan fingerprint density at radius 3 is 2.89 bits per heavy atom. The Bertz CT molecular complexity index is 367. The lowest BCUT2D eigenvalue weighted by Gasteiger charge is -2.10. The normalized spacial score (nSPS) is 11.4. The largest absolute Gasteiger partial charge is 0.394 e. The van der Waals surface area contributed by atoms with E-state index in [4.69, 9.17) is 16.7 Å². The van der Waals surface area contributed by atoms with Crippen molar-refractivity contribution in [3.8, 4) is 0 Å². The van der Waals surface area contributed by atoms with Gasteiger partial charge in [0.2, 0.25) is 0 Å². The average molecular weight is 271 g/mol. The number of guanidine groups is 1. The van der Waals surface area contributed by atoms with E-state index in [1.54, 1.807) is 12.3 Å². The van der Waals surface area contributed by atoms with Gasteiger partial charge in [0.25, 0.3) is 0 Å². The molecule has 100 valence electrons. The van der Waals surface area contributed by atoms with Crippen molar-refractivity contribution in [3.05, 3.63) is 29.0 Å². The molecule has 0 aliphatic heterocycles. The summed E-state index contributed by atoms with van der Waals surface area (Å²) in [4.78, 5) is 8.21. The lowest BCUT2D eigenvalue weighted by atomic mass is 10.2. The maximum atomic E-state index is 8.73. The number of halogens is 1. The van der Waals surface area contributed by atoms with Gasteiger partial charge in [-0.3, -0.25) is 4.99 Å². The zero-order valence-electron chi connectivity index (χ0n) is 10.5. The highest BCUT2D eigenvalue weighted by molar-refractivity contribution is 6.29. The minimum absolute atomic E-state index is 0.0533. The molecule has 0 atom stereocenters. The Morgan fingerprint density at radius 1 is 1.44 bits per heavy atom. The topological polar surface area (TPSA) is 69.5 Å². The van der Waals surface area contributed by atoms with Crippen molar-refractivity contribution in [1.29, 1.82) is 0 Å². The molecule has 0 fully saturated rings. The van der Waals surface area contributed by atoms with Gasteiger partial charge < -0.3 is 15.7 Å². The predicted octanol–water partition coefficient (Wildman–Crippen LogP) is 0.825. The first-order valence-corrected chi connectivity index (χ1v) is 6.37. The van der Waals surface area contributed by atoms with Crippen LogP contribution in [0.3, 0.4) is 0 Å². The summed E-state index contributed by atoms with van der Waals surface area (Å²) in [6.07, 6.45) is 2.61. The summed E-state index contributed by atoms with van der Waals surface area (Å²) in [6.45, 7) is 4.00. The predicted molar refractivity (Wildman–Crippen MR) is 74.0 cm³/mol. The van der Waals surface area contributed by atoms with E-state index in [2.05, 4.69) is 20.6 Å². The molecule has 3 N–H and O–H groups in total. The fraction of sp³-hybridized carbons (Fsp3) is 0.500. The zero-order valence-corrected chi connectivity index (χ0v) is 11.2. The monoisotopic (exact) mass is 270 g/mol. The molecule has 0 amide bonds. The van der Waals surface area contributed by atoms with E-state index in [1.807, 2.05) is 13.0 Å². The molecule has 0 unspecified atom stereocenters. The van der Waals surface area contributed by atoms with Crippen molar-refractivity contribution in [3.63, 3.8) is 0 Å². The Hall–Kier alpha value is -1.33. The summed E-state index contributed by atoms with van der Waals surface area (Å²) in [7, 11) is 0. The van der Waals surface area contributed by atoms with E-state index in [0.717, 1.165) is 25.1 Å². The molecule has 0 aliphatic carbocycles. The fourth-order valence-corrected chi connectivity index (χ4v) is 1.49. The second kappa shape index (κ2) is 8.72. The third-order valence-corrected chi connectivity index (χ3v) is 2.43. The van der Waals surface area contributed by atoms with Gasteiger partial charge in [-0.1, -0.05) is 17.7 Å². The molecule has 1 rings (SSSR count). The van der Waals surface area contributed by atoms with Gasteiger partial charge in [-0.2, -0.15) is 0 Å². The molecule has 0 saturated heterocycles. The molecule has 0 radical (unpaired) electrons. The van der Waals surface area contributed by atoms with Crippen LogP contribution in [0.4, 0.5) is 0 Å². The van der Waals surface area contributed by atoms with Gasteiger partial charge in [-0.25, -0.2) is 4.98 Å². The summed E-state index contributed by atoms with van der Waals surface area (Å²) in [5, 5.41) is 15.5. The molecule has 1 aromatic rings. The maximum absolute atomic E-state index is 8.73. The van der Waals surface area contributed by atoms with E-state index in [9.17, 15) is 0 Å². The first kappa shape index (κ1) is 14.7. The second-order valence-corrected chi connectivity index (χ2v) is 4.04. The number of aliphatic imine (C=N–C) groups is 1. The standard InChI is InChI=1S/C12H19ClN4O/c1-2-14-12(16-7-8-18)15-6-5-10-3-4-11(13)17-9-10/h3-4,9,18H,2,5-8H2,1H3,(H2,14,15,16). The van der Waals surface area contributed by atoms with Crippen molar-refractivity contribution in [2.24, 2.45) is 4.99 Å². The Kier molecular flexibility index (Phi) is 7.13. The van der Waals surface area contributed by atoms with Crippen LogP contribution in [0.15, 0.2) is 23.3 Å². The van der Waals surface area contributed by atoms with E-state index in [-0.39, 0.29) is 6.61 Å². The van der Waals surface area contributed by atoms with Crippen molar-refractivity contribution in [2.75, 3.05) is 26.2 Å². The number of hydrogen-bond donors (Lipinski definition) is 3. The van der Waals surface area contributed by atoms with Crippen LogP contribution < -0.4 is 10.6 Å². The summed E-state index contributed by atoms with van der Waals surface area (Å²) in [5.41, 5.74) is 1.12. The SMILES string of the molecule is CCNC(=NCCO)NCCc1ccc(Cl)nc1. The van der Waals surface area contributed by atoms with Crippen molar-refractivity contribution < 1.29 is 5.11 Å². The molecule has 0 bridgehead atoms. The number of pyridine rings is 1. The molecule has 0 aliphatic rings. The van der Waals surface area contributed by atoms with Crippen LogP contribution in [0.2, 0.25) is 5.15 Å². The molecule has 0 spiro atoms. The van der Waals surface area contributed by atoms with Crippen molar-refractivity contribution >= 4 is 17.6 Å². The fourth-order valence-electron chi connectivity index (χ4n) is 1.38. The van der Waals surface area contributed by atoms with Crippen LogP contribution in [0.25, 0.3) is 0 Å². The Balaban J connectivity index is 2.36. The smallest absolute Gasteiger partial charge is 0.191 e. The first-order valence-electron chi connectivity index (χ1n) is 5.99. The molecule has 0 aromatic carbocycles. The van der Waals surface area contributed by atoms with Crippen molar-refractivity contribution in [2.45, 2.75) is 13.3 Å². The molecule has 1 aromatic heterocycles. The second-order valence-electron chi connectivity index (χ2n) is 3.65. The van der Waals surface area contributed by atoms with Crippen LogP contribution in [0.5, 0.6) is 0 Å². The van der Waals surface area contributed by atoms with E-state index in [0.29, 0.717) is 17.7 Å². The quantitative estimate of drug-likeness (QED) is 0.407. The zero-order chi connectivity index (χ0) is 13.2. The highest BCUT2D eigenvalue weighted by Gasteiger charge is 1.98. The summed E-state index contributed by atoms with van der Waals surface area (Å²) in [6, 6.07) is 3.73. The minimum atomic E-state index is 0.0533. The van der Waals surface area contributed by atoms with E-state index >= 15 is 0 Å². The van der Waals surface area contributed by atoms with Gasteiger partial charge in [-0.15, -0.1) is 0 Å². The number of hydrogen-bond acceptors (Lipinski definition) is 3. The molecular weight excluding hydrogens is 252 g/mol. The maximum Gasteiger partial charge on any atom is 0.191 e. The number of aliphatic hydroxyl groups is 1. The van der Waals surface area contributed by atoms with Gasteiger partial charge in [0.1, 0.15) is 5.15 Å². The lowest BCUT2D eigenvalue weighted by molar-refractivity contribution is 0.306. The highest BCUT2D eigenvalue weighted by Crippen LogP contribution is 2.05. The van der Waals surface area contributed by atoms with Gasteiger partial charge in [0.05, 0.1) is 13.2 Å². The van der Waals surface area contributed by atoms with Crippen LogP contribution >= 0.6 is 11.6 Å². The summed E-state index contributed by atoms with van der Waals surface area (Å²) < 4.78 is 0. The van der Waals surface area contributed by atoms with Crippen molar-refractivity contribution in [1.82, 2.24) is 15.6 Å². The van der Waals surface area contributed by atoms with E-state index in [1.165, 1.54) is 0 Å². The number of nitrogens with zero attached hydrogens (tertiary/aromatic N) is 2. The number of aromatic nitrogens is 1. The van der Waals surface area contributed by atoms with Crippen LogP contribution in [0.1, 0.15) is 12.5 Å². The molecule has 5 nitrogen and oxygen atoms in total. The Labute approximate surface area is 112 Å². The van der Waals surface area contributed by atoms with Crippen LogP contribution in [0, 0.1) is 0 Å². The van der Waals surface area contributed by atoms with Crippen LogP contribution in [-0.2, 0) is 6.42 Å². The molecule has 6 heteroatoms. The molecule has 18 heavy (non-hydrogen) atoms. The average Bonchev–Trinajstić information content (AvgIpc) is 2.38. The molecule has 1 heterocycles. The number of nitrogens with one attached hydrogen (secondary N) is 2. The van der Waals surface area contributed by atoms with Gasteiger partial charge in [0.15, 0.2) is 5.96 Å². The lowest BCUT2D eigenvalue weighted by Crippen LogP contribution is -2.38. The number of rotatable bonds is 6. The number of aliphatic hydroxyl groups excluding tert-OH is 1. The van der Waals surface area contributed by atoms with Gasteiger partial charge >= 0.3 is 0 Å². The van der Waals surface area contributed by atoms with Crippen LogP contribution in [-0.4, -0.2) is 42.3 Å². The molecule has 0 saturated carbocycles. The third kappa shape index (κ3) is 5.84. The first-order chi connectivity index (χ1) is 8.76.